The number of carbonyl (C=O) groups is 1. The van der Waals surface area contributed by atoms with Crippen LogP contribution in [0, 0.1) is 0 Å². The quantitative estimate of drug-likeness (QED) is 0.640. The van der Waals surface area contributed by atoms with Crippen molar-refractivity contribution in [1.29, 1.82) is 0 Å². The average Bonchev–Trinajstić information content (AvgIpc) is 2.08. The molecule has 0 amide bonds. The van der Waals surface area contributed by atoms with Crippen molar-refractivity contribution >= 4 is 5.78 Å². The van der Waals surface area contributed by atoms with Gasteiger partial charge in [0.1, 0.15) is 0 Å². The van der Waals surface area contributed by atoms with Gasteiger partial charge in [0, 0.05) is 38.3 Å². The van der Waals surface area contributed by atoms with Gasteiger partial charge >= 0.3 is 0 Å². The number of ketones is 1. The molecule has 3 heteroatoms. The van der Waals surface area contributed by atoms with E-state index in [2.05, 4.69) is 5.32 Å². The molecule has 0 aliphatic heterocycles. The minimum atomic E-state index is 0.306. The Morgan fingerprint density at radius 3 is 2.77 bits per heavy atom. The molecule has 1 aliphatic carbocycles. The van der Waals surface area contributed by atoms with E-state index in [-0.39, 0.29) is 0 Å². The van der Waals surface area contributed by atoms with E-state index in [1.807, 2.05) is 32.2 Å². The Hall–Kier alpha value is -0.830. The van der Waals surface area contributed by atoms with E-state index < -0.39 is 0 Å². The monoisotopic (exact) mass is 182 g/mol. The van der Waals surface area contributed by atoms with Crippen LogP contribution >= 0.6 is 0 Å². The smallest absolute Gasteiger partial charge is 0.160 e. The molecule has 1 saturated carbocycles. The first-order chi connectivity index (χ1) is 6.13. The summed E-state index contributed by atoms with van der Waals surface area (Å²) in [5, 5.41) is 3.22. The fourth-order valence-electron chi connectivity index (χ4n) is 1.63. The number of nitrogens with zero attached hydrogens (tertiary/aromatic N) is 1. The van der Waals surface area contributed by atoms with Crippen LogP contribution in [0.2, 0.25) is 0 Å². The summed E-state index contributed by atoms with van der Waals surface area (Å²) in [6.45, 7) is 0. The zero-order valence-corrected chi connectivity index (χ0v) is 8.63. The Bertz CT molecular complexity index is 221. The van der Waals surface area contributed by atoms with Gasteiger partial charge in [0.05, 0.1) is 0 Å². The van der Waals surface area contributed by atoms with Gasteiger partial charge in [0.15, 0.2) is 5.78 Å². The van der Waals surface area contributed by atoms with Crippen LogP contribution < -0.4 is 5.32 Å². The molecule has 0 aromatic rings. The number of nitrogens with one attached hydrogen (secondary N) is 1. The van der Waals surface area contributed by atoms with E-state index in [4.69, 9.17) is 0 Å². The summed E-state index contributed by atoms with van der Waals surface area (Å²) in [6.07, 6.45) is 4.46. The zero-order valence-electron chi connectivity index (χ0n) is 8.63. The van der Waals surface area contributed by atoms with Crippen LogP contribution in [0.25, 0.3) is 0 Å². The van der Waals surface area contributed by atoms with E-state index in [1.54, 1.807) is 0 Å². The molecule has 0 bridgehead atoms. The fraction of sp³-hybridized carbons (Fsp3) is 0.700. The highest BCUT2D eigenvalue weighted by atomic mass is 16.1. The summed E-state index contributed by atoms with van der Waals surface area (Å²) < 4.78 is 0. The number of Topliss-reactive ketones (excluding diaryl/α,β-unsaturated/α-hetero) is 1. The number of carbonyl (C=O) groups excluding carboxylic acids is 1. The van der Waals surface area contributed by atoms with Crippen molar-refractivity contribution in [2.75, 3.05) is 21.1 Å². The van der Waals surface area contributed by atoms with Crippen LogP contribution in [0.5, 0.6) is 0 Å². The number of hydrogen-bond donors (Lipinski definition) is 1. The van der Waals surface area contributed by atoms with Crippen molar-refractivity contribution < 1.29 is 4.79 Å². The minimum Gasteiger partial charge on any atom is -0.383 e. The maximum Gasteiger partial charge on any atom is 0.160 e. The first-order valence-electron chi connectivity index (χ1n) is 4.71. The van der Waals surface area contributed by atoms with Gasteiger partial charge in [-0.3, -0.25) is 4.79 Å². The highest BCUT2D eigenvalue weighted by Crippen LogP contribution is 2.20. The Kier molecular flexibility index (Phi) is 3.48. The Labute approximate surface area is 79.8 Å². The summed E-state index contributed by atoms with van der Waals surface area (Å²) in [7, 11) is 5.85. The lowest BCUT2D eigenvalue weighted by Gasteiger charge is -2.23. The molecule has 1 fully saturated rings. The van der Waals surface area contributed by atoms with E-state index in [0.29, 0.717) is 18.2 Å². The van der Waals surface area contributed by atoms with Gasteiger partial charge in [0.2, 0.25) is 0 Å². The van der Waals surface area contributed by atoms with Gasteiger partial charge in [-0.05, 0) is 19.9 Å². The first kappa shape index (κ1) is 10.3. The van der Waals surface area contributed by atoms with Crippen LogP contribution in [0.4, 0.5) is 0 Å². The lowest BCUT2D eigenvalue weighted by Crippen LogP contribution is -2.32. The van der Waals surface area contributed by atoms with Crippen LogP contribution in [-0.4, -0.2) is 37.9 Å². The molecule has 74 valence electrons. The average molecular weight is 182 g/mol. The van der Waals surface area contributed by atoms with Crippen molar-refractivity contribution in [3.8, 4) is 0 Å². The molecule has 1 N–H and O–H groups in total. The van der Waals surface area contributed by atoms with Crippen LogP contribution in [0.3, 0.4) is 0 Å². The summed E-state index contributed by atoms with van der Waals surface area (Å²) in [5.41, 5.74) is 0.954. The summed E-state index contributed by atoms with van der Waals surface area (Å²) in [4.78, 5) is 13.4. The predicted octanol–water partition coefficient (Wildman–Crippen LogP) is 0.773. The van der Waals surface area contributed by atoms with Gasteiger partial charge < -0.3 is 10.2 Å². The standard InChI is InChI=1S/C10H18N2O/c1-11-9-4-5-10(13)8(6-9)7-12(2)3/h7,9,11H,4-6H2,1-3H3/b8-7+. The van der Waals surface area contributed by atoms with E-state index in [1.165, 1.54) is 0 Å². The maximum atomic E-state index is 11.5. The third-order valence-corrected chi connectivity index (χ3v) is 2.37. The van der Waals surface area contributed by atoms with E-state index in [0.717, 1.165) is 18.4 Å². The van der Waals surface area contributed by atoms with Gasteiger partial charge in [-0.15, -0.1) is 0 Å². The van der Waals surface area contributed by atoms with Gasteiger partial charge in [-0.1, -0.05) is 0 Å². The third-order valence-electron chi connectivity index (χ3n) is 2.37. The van der Waals surface area contributed by atoms with E-state index in [9.17, 15) is 4.79 Å². The normalized spacial score (nSPS) is 26.5. The zero-order chi connectivity index (χ0) is 9.84. The van der Waals surface area contributed by atoms with Gasteiger partial charge in [0.25, 0.3) is 0 Å². The van der Waals surface area contributed by atoms with Gasteiger partial charge in [-0.25, -0.2) is 0 Å². The molecule has 0 radical (unpaired) electrons. The summed E-state index contributed by atoms with van der Waals surface area (Å²) in [6, 6.07) is 0.476. The molecular formula is C10H18N2O. The third kappa shape index (κ3) is 2.84. The second-order valence-electron chi connectivity index (χ2n) is 3.77. The van der Waals surface area contributed by atoms with E-state index >= 15 is 0 Å². The fourth-order valence-corrected chi connectivity index (χ4v) is 1.63. The molecule has 13 heavy (non-hydrogen) atoms. The second kappa shape index (κ2) is 4.42. The predicted molar refractivity (Wildman–Crippen MR) is 53.5 cm³/mol. The highest BCUT2D eigenvalue weighted by Gasteiger charge is 2.21. The Morgan fingerprint density at radius 2 is 2.23 bits per heavy atom. The van der Waals surface area contributed by atoms with Crippen molar-refractivity contribution in [2.24, 2.45) is 0 Å². The molecule has 0 aromatic heterocycles. The van der Waals surface area contributed by atoms with Crippen LogP contribution in [-0.2, 0) is 4.79 Å². The molecule has 0 aromatic carbocycles. The lowest BCUT2D eigenvalue weighted by molar-refractivity contribution is -0.116. The Morgan fingerprint density at radius 1 is 1.54 bits per heavy atom. The highest BCUT2D eigenvalue weighted by molar-refractivity contribution is 5.96. The molecule has 0 saturated heterocycles. The molecule has 0 heterocycles. The molecule has 1 aliphatic rings. The van der Waals surface area contributed by atoms with Gasteiger partial charge in [-0.2, -0.15) is 0 Å². The molecule has 1 rings (SSSR count). The van der Waals surface area contributed by atoms with Crippen molar-refractivity contribution in [3.63, 3.8) is 0 Å². The Balaban J connectivity index is 2.65. The van der Waals surface area contributed by atoms with Crippen molar-refractivity contribution in [2.45, 2.75) is 25.3 Å². The number of hydrogen-bond acceptors (Lipinski definition) is 3. The van der Waals surface area contributed by atoms with Crippen molar-refractivity contribution in [3.05, 3.63) is 11.8 Å². The number of rotatable bonds is 2. The molecule has 0 spiro atoms. The largest absolute Gasteiger partial charge is 0.383 e. The second-order valence-corrected chi connectivity index (χ2v) is 3.77. The molecular weight excluding hydrogens is 164 g/mol. The lowest BCUT2D eigenvalue weighted by atomic mass is 9.90. The minimum absolute atomic E-state index is 0.306. The first-order valence-corrected chi connectivity index (χ1v) is 4.71. The van der Waals surface area contributed by atoms with Crippen LogP contribution in [0.1, 0.15) is 19.3 Å². The molecule has 3 nitrogen and oxygen atoms in total. The van der Waals surface area contributed by atoms with Crippen LogP contribution in [0.15, 0.2) is 11.8 Å². The maximum absolute atomic E-state index is 11.5. The summed E-state index contributed by atoms with van der Waals surface area (Å²) in [5.74, 6) is 0.306. The molecule has 1 atom stereocenters. The topological polar surface area (TPSA) is 32.3 Å². The molecule has 1 unspecified atom stereocenters. The van der Waals surface area contributed by atoms with Crippen molar-refractivity contribution in [1.82, 2.24) is 10.2 Å². The summed E-state index contributed by atoms with van der Waals surface area (Å²) >= 11 is 0. The SMILES string of the molecule is CNC1CCC(=O)/C(=C/N(C)C)C1.